The fraction of sp³-hybridized carbons (Fsp3) is 0.235. The summed E-state index contributed by atoms with van der Waals surface area (Å²) in [5.74, 6) is -2.53. The SMILES string of the molecule is FC1(F)CC(NN2C=Cc3c(-c4ccc5nccn5c4)ccn3N2)C1. The Morgan fingerprint density at radius 3 is 2.92 bits per heavy atom. The minimum absolute atomic E-state index is 0.131. The number of imidazole rings is 1. The molecular formula is C17H16F2N6. The van der Waals surface area contributed by atoms with Crippen LogP contribution in [0, 0.1) is 0 Å². The number of alkyl halides is 2. The highest BCUT2D eigenvalue weighted by Crippen LogP contribution is 2.37. The summed E-state index contributed by atoms with van der Waals surface area (Å²) >= 11 is 0. The van der Waals surface area contributed by atoms with E-state index in [-0.39, 0.29) is 18.9 Å². The van der Waals surface area contributed by atoms with Crippen LogP contribution in [0.15, 0.2) is 49.2 Å². The summed E-state index contributed by atoms with van der Waals surface area (Å²) in [6.45, 7) is 0. The van der Waals surface area contributed by atoms with Crippen LogP contribution in [-0.2, 0) is 0 Å². The lowest BCUT2D eigenvalue weighted by atomic mass is 9.89. The standard InChI is InChI=1S/C17H16F2N6/c18-17(19)9-13(10-17)21-25-7-4-15-14(3-6-24(15)22-25)12-1-2-16-20-5-8-23(16)11-12/h1-8,11,13,21-22H,9-10H2. The van der Waals surface area contributed by atoms with Gasteiger partial charge in [-0.3, -0.25) is 0 Å². The summed E-state index contributed by atoms with van der Waals surface area (Å²) in [7, 11) is 0. The average Bonchev–Trinajstić information content (AvgIpc) is 3.18. The van der Waals surface area contributed by atoms with Crippen LogP contribution in [0.4, 0.5) is 8.78 Å². The highest BCUT2D eigenvalue weighted by Gasteiger charge is 2.45. The third-order valence-electron chi connectivity index (χ3n) is 4.63. The molecule has 0 atom stereocenters. The van der Waals surface area contributed by atoms with Crippen molar-refractivity contribution in [2.24, 2.45) is 0 Å². The molecule has 1 aliphatic carbocycles. The number of pyridine rings is 1. The highest BCUT2D eigenvalue weighted by atomic mass is 19.3. The van der Waals surface area contributed by atoms with E-state index in [0.717, 1.165) is 22.5 Å². The number of hydrogen-bond donors (Lipinski definition) is 2. The van der Waals surface area contributed by atoms with Crippen LogP contribution in [-0.4, -0.2) is 31.1 Å². The van der Waals surface area contributed by atoms with E-state index in [1.807, 2.05) is 58.1 Å². The van der Waals surface area contributed by atoms with Crippen LogP contribution in [0.1, 0.15) is 18.5 Å². The van der Waals surface area contributed by atoms with E-state index < -0.39 is 5.92 Å². The molecule has 3 aromatic heterocycles. The van der Waals surface area contributed by atoms with Gasteiger partial charge in [-0.1, -0.05) is 0 Å². The van der Waals surface area contributed by atoms with Crippen molar-refractivity contribution >= 4 is 11.7 Å². The Kier molecular flexibility index (Phi) is 2.93. The zero-order valence-corrected chi connectivity index (χ0v) is 13.2. The molecule has 1 fully saturated rings. The molecule has 8 heteroatoms. The third-order valence-corrected chi connectivity index (χ3v) is 4.63. The number of nitrogens with one attached hydrogen (secondary N) is 2. The third kappa shape index (κ3) is 2.45. The molecule has 4 heterocycles. The van der Waals surface area contributed by atoms with Crippen molar-refractivity contribution in [2.45, 2.75) is 24.8 Å². The first kappa shape index (κ1) is 14.5. The monoisotopic (exact) mass is 342 g/mol. The fourth-order valence-corrected chi connectivity index (χ4v) is 3.34. The van der Waals surface area contributed by atoms with Crippen LogP contribution in [0.5, 0.6) is 0 Å². The number of fused-ring (bicyclic) bond motifs is 2. The maximum atomic E-state index is 13.0. The molecule has 0 saturated heterocycles. The summed E-state index contributed by atoms with van der Waals surface area (Å²) < 4.78 is 29.7. The zero-order valence-electron chi connectivity index (χ0n) is 13.2. The van der Waals surface area contributed by atoms with Gasteiger partial charge in [0.1, 0.15) is 5.65 Å². The van der Waals surface area contributed by atoms with Crippen molar-refractivity contribution in [1.29, 1.82) is 0 Å². The van der Waals surface area contributed by atoms with Crippen molar-refractivity contribution in [3.8, 4) is 11.1 Å². The summed E-state index contributed by atoms with van der Waals surface area (Å²) in [5, 5.41) is 1.62. The van der Waals surface area contributed by atoms with Gasteiger partial charge in [0, 0.05) is 61.0 Å². The van der Waals surface area contributed by atoms with E-state index in [0.29, 0.717) is 0 Å². The molecule has 25 heavy (non-hydrogen) atoms. The lowest BCUT2D eigenvalue weighted by molar-refractivity contribution is -0.103. The van der Waals surface area contributed by atoms with E-state index >= 15 is 0 Å². The lowest BCUT2D eigenvalue weighted by Gasteiger charge is -2.39. The van der Waals surface area contributed by atoms with Gasteiger partial charge in [-0.05, 0) is 24.3 Å². The molecule has 0 bridgehead atoms. The number of hydrazine groups is 2. The first-order valence-corrected chi connectivity index (χ1v) is 8.10. The maximum absolute atomic E-state index is 13.0. The molecule has 6 nitrogen and oxygen atoms in total. The predicted octanol–water partition coefficient (Wildman–Crippen LogP) is 2.85. The molecule has 1 aliphatic heterocycles. The van der Waals surface area contributed by atoms with Crippen molar-refractivity contribution in [2.75, 3.05) is 5.53 Å². The van der Waals surface area contributed by atoms with Gasteiger partial charge in [-0.2, -0.15) is 0 Å². The Morgan fingerprint density at radius 1 is 1.20 bits per heavy atom. The van der Waals surface area contributed by atoms with E-state index in [2.05, 4.69) is 15.9 Å². The molecule has 128 valence electrons. The summed E-state index contributed by atoms with van der Waals surface area (Å²) in [6, 6.07) is 5.82. The summed E-state index contributed by atoms with van der Waals surface area (Å²) in [6.07, 6.45) is 11.1. The molecular weight excluding hydrogens is 326 g/mol. The molecule has 5 rings (SSSR count). The van der Waals surface area contributed by atoms with Gasteiger partial charge >= 0.3 is 0 Å². The Hall–Kier alpha value is -2.87. The van der Waals surface area contributed by atoms with Crippen LogP contribution in [0.3, 0.4) is 0 Å². The van der Waals surface area contributed by atoms with Gasteiger partial charge in [-0.25, -0.2) is 34.5 Å². The van der Waals surface area contributed by atoms with E-state index in [9.17, 15) is 8.78 Å². The van der Waals surface area contributed by atoms with Gasteiger partial charge < -0.3 is 4.40 Å². The largest absolute Gasteiger partial charge is 0.306 e. The van der Waals surface area contributed by atoms with Crippen LogP contribution >= 0.6 is 0 Å². The van der Waals surface area contributed by atoms with Crippen molar-refractivity contribution in [3.05, 3.63) is 54.9 Å². The molecule has 2 aliphatic rings. The quantitative estimate of drug-likeness (QED) is 0.768. The lowest BCUT2D eigenvalue weighted by Crippen LogP contribution is -2.56. The van der Waals surface area contributed by atoms with E-state index in [1.165, 1.54) is 0 Å². The molecule has 2 N–H and O–H groups in total. The van der Waals surface area contributed by atoms with Crippen molar-refractivity contribution in [1.82, 2.24) is 24.6 Å². The Labute approximate surface area is 142 Å². The normalized spacial score (nSPS) is 18.9. The number of hydrogen-bond acceptors (Lipinski definition) is 4. The Bertz CT molecular complexity index is 965. The first-order chi connectivity index (χ1) is 12.1. The topological polar surface area (TPSA) is 49.5 Å². The van der Waals surface area contributed by atoms with E-state index in [1.54, 1.807) is 11.3 Å². The van der Waals surface area contributed by atoms with Crippen LogP contribution in [0.25, 0.3) is 22.9 Å². The highest BCUT2D eigenvalue weighted by molar-refractivity contribution is 5.75. The fourth-order valence-electron chi connectivity index (χ4n) is 3.34. The summed E-state index contributed by atoms with van der Waals surface area (Å²) in [4.78, 5) is 4.25. The number of nitrogens with zero attached hydrogens (tertiary/aromatic N) is 4. The van der Waals surface area contributed by atoms with Gasteiger partial charge in [0.05, 0.1) is 5.69 Å². The molecule has 0 spiro atoms. The number of aromatic nitrogens is 3. The molecule has 0 amide bonds. The van der Waals surface area contributed by atoms with Gasteiger partial charge in [0.15, 0.2) is 0 Å². The van der Waals surface area contributed by atoms with Gasteiger partial charge in [0.2, 0.25) is 0 Å². The summed E-state index contributed by atoms with van der Waals surface area (Å²) in [5.41, 5.74) is 10.2. The van der Waals surface area contributed by atoms with Gasteiger partial charge in [-0.15, -0.1) is 0 Å². The second kappa shape index (κ2) is 5.06. The van der Waals surface area contributed by atoms with Crippen molar-refractivity contribution in [3.63, 3.8) is 0 Å². The number of rotatable bonds is 3. The van der Waals surface area contributed by atoms with Crippen LogP contribution < -0.4 is 11.0 Å². The molecule has 0 unspecified atom stereocenters. The zero-order chi connectivity index (χ0) is 17.0. The Balaban J connectivity index is 1.37. The molecule has 3 aromatic rings. The first-order valence-electron chi connectivity index (χ1n) is 8.10. The second-order valence-electron chi connectivity index (χ2n) is 6.47. The van der Waals surface area contributed by atoms with Crippen molar-refractivity contribution < 1.29 is 8.78 Å². The maximum Gasteiger partial charge on any atom is 0.251 e. The van der Waals surface area contributed by atoms with Crippen LogP contribution in [0.2, 0.25) is 0 Å². The minimum Gasteiger partial charge on any atom is -0.306 e. The Morgan fingerprint density at radius 2 is 2.08 bits per heavy atom. The molecule has 0 aromatic carbocycles. The molecule has 0 radical (unpaired) electrons. The smallest absolute Gasteiger partial charge is 0.251 e. The number of halogens is 2. The average molecular weight is 342 g/mol. The predicted molar refractivity (Wildman–Crippen MR) is 90.0 cm³/mol. The minimum atomic E-state index is -2.53. The molecule has 1 saturated carbocycles. The van der Waals surface area contributed by atoms with Gasteiger partial charge in [0.25, 0.3) is 5.92 Å². The van der Waals surface area contributed by atoms with E-state index in [4.69, 9.17) is 0 Å². The second-order valence-corrected chi connectivity index (χ2v) is 6.47.